The lowest BCUT2D eigenvalue weighted by Crippen LogP contribution is -2.48. The van der Waals surface area contributed by atoms with Crippen LogP contribution in [0.5, 0.6) is 0 Å². The van der Waals surface area contributed by atoms with Gasteiger partial charge in [-0.3, -0.25) is 14.7 Å². The van der Waals surface area contributed by atoms with E-state index in [9.17, 15) is 9.18 Å². The van der Waals surface area contributed by atoms with E-state index >= 15 is 0 Å². The molecule has 3 aromatic rings. The third kappa shape index (κ3) is 4.07. The van der Waals surface area contributed by atoms with Gasteiger partial charge in [0.25, 0.3) is 0 Å². The molecular formula is C26H28FN3O. The Morgan fingerprint density at radius 1 is 1.10 bits per heavy atom. The van der Waals surface area contributed by atoms with Crippen molar-refractivity contribution in [2.75, 3.05) is 31.1 Å². The van der Waals surface area contributed by atoms with Crippen LogP contribution in [0.3, 0.4) is 0 Å². The summed E-state index contributed by atoms with van der Waals surface area (Å²) in [4.78, 5) is 22.0. The third-order valence-electron chi connectivity index (χ3n) is 7.09. The molecule has 2 aliphatic rings. The van der Waals surface area contributed by atoms with Gasteiger partial charge in [-0.05, 0) is 61.6 Å². The van der Waals surface area contributed by atoms with Crippen molar-refractivity contribution in [2.24, 2.45) is 11.8 Å². The number of piperidine rings is 1. The van der Waals surface area contributed by atoms with Gasteiger partial charge in [0.2, 0.25) is 0 Å². The van der Waals surface area contributed by atoms with E-state index in [1.165, 1.54) is 6.07 Å². The molecule has 0 radical (unpaired) electrons. The van der Waals surface area contributed by atoms with Crippen LogP contribution in [-0.4, -0.2) is 47.9 Å². The fraction of sp³-hybridized carbons (Fsp3) is 0.385. The van der Waals surface area contributed by atoms with Crippen LogP contribution in [0.15, 0.2) is 60.8 Å². The molecule has 3 unspecified atom stereocenters. The molecule has 2 aromatic carbocycles. The maximum absolute atomic E-state index is 13.9. The molecule has 0 saturated carbocycles. The van der Waals surface area contributed by atoms with E-state index in [0.717, 1.165) is 54.8 Å². The Morgan fingerprint density at radius 3 is 2.74 bits per heavy atom. The summed E-state index contributed by atoms with van der Waals surface area (Å²) >= 11 is 0. The zero-order valence-corrected chi connectivity index (χ0v) is 17.9. The highest BCUT2D eigenvalue weighted by Gasteiger charge is 2.39. The minimum absolute atomic E-state index is 0.0638. The summed E-state index contributed by atoms with van der Waals surface area (Å²) in [7, 11) is 0. The summed E-state index contributed by atoms with van der Waals surface area (Å²) in [5.41, 5.74) is 2.98. The molecule has 2 fully saturated rings. The average molecular weight is 418 g/mol. The molecule has 1 aromatic heterocycles. The van der Waals surface area contributed by atoms with Gasteiger partial charge < -0.3 is 4.90 Å². The highest BCUT2D eigenvalue weighted by Crippen LogP contribution is 2.37. The lowest BCUT2D eigenvalue weighted by molar-refractivity contribution is -0.123. The molecule has 0 spiro atoms. The topological polar surface area (TPSA) is 36.4 Å². The number of halogens is 1. The molecule has 4 nitrogen and oxygen atoms in total. The number of aromatic nitrogens is 1. The number of fused-ring (bicyclic) bond motifs is 2. The monoisotopic (exact) mass is 417 g/mol. The van der Waals surface area contributed by atoms with Crippen LogP contribution in [0.1, 0.15) is 18.9 Å². The number of nitrogens with zero attached hydrogens (tertiary/aromatic N) is 3. The summed E-state index contributed by atoms with van der Waals surface area (Å²) in [5.74, 6) is 1.20. The molecule has 2 aliphatic heterocycles. The van der Waals surface area contributed by atoms with Gasteiger partial charge >= 0.3 is 0 Å². The van der Waals surface area contributed by atoms with Crippen LogP contribution in [0.25, 0.3) is 10.9 Å². The number of Topliss-reactive ketones (excluding diaryl/α,β-unsaturated/α-hetero) is 1. The van der Waals surface area contributed by atoms with Gasteiger partial charge in [-0.2, -0.15) is 0 Å². The molecule has 31 heavy (non-hydrogen) atoms. The molecule has 0 N–H and O–H groups in total. The smallest absolute Gasteiger partial charge is 0.154 e. The Hall–Kier alpha value is -2.79. The van der Waals surface area contributed by atoms with E-state index in [-0.39, 0.29) is 17.6 Å². The van der Waals surface area contributed by atoms with Gasteiger partial charge in [-0.15, -0.1) is 0 Å². The maximum Gasteiger partial charge on any atom is 0.154 e. The number of carbonyl (C=O) groups is 1. The molecule has 2 saturated heterocycles. The SMILES string of the molecule is CC(C(=O)Cc1ccccc1)N1CCC2CN(c3ccnc4ccc(F)cc34)CC2C1. The first-order valence-corrected chi connectivity index (χ1v) is 11.2. The van der Waals surface area contributed by atoms with Gasteiger partial charge in [0.15, 0.2) is 5.78 Å². The quantitative estimate of drug-likeness (QED) is 0.619. The van der Waals surface area contributed by atoms with Gasteiger partial charge in [0, 0.05) is 43.3 Å². The molecule has 3 heterocycles. The van der Waals surface area contributed by atoms with Gasteiger partial charge in [-0.25, -0.2) is 4.39 Å². The van der Waals surface area contributed by atoms with Crippen molar-refractivity contribution in [3.63, 3.8) is 0 Å². The van der Waals surface area contributed by atoms with Crippen molar-refractivity contribution in [1.82, 2.24) is 9.88 Å². The largest absolute Gasteiger partial charge is 0.370 e. The van der Waals surface area contributed by atoms with Crippen molar-refractivity contribution in [1.29, 1.82) is 0 Å². The minimum atomic E-state index is -0.227. The Morgan fingerprint density at radius 2 is 1.90 bits per heavy atom. The molecular weight excluding hydrogens is 389 g/mol. The van der Waals surface area contributed by atoms with Crippen LogP contribution in [0.4, 0.5) is 10.1 Å². The Kier molecular flexibility index (Phi) is 5.45. The predicted molar refractivity (Wildman–Crippen MR) is 122 cm³/mol. The fourth-order valence-corrected chi connectivity index (χ4v) is 5.27. The fourth-order valence-electron chi connectivity index (χ4n) is 5.27. The number of hydrogen-bond acceptors (Lipinski definition) is 4. The van der Waals surface area contributed by atoms with E-state index in [2.05, 4.69) is 21.7 Å². The Balaban J connectivity index is 1.28. The number of carbonyl (C=O) groups excluding carboxylic acids is 1. The van der Waals surface area contributed by atoms with E-state index in [1.807, 2.05) is 42.6 Å². The van der Waals surface area contributed by atoms with Crippen molar-refractivity contribution in [3.8, 4) is 0 Å². The van der Waals surface area contributed by atoms with E-state index in [0.29, 0.717) is 18.3 Å². The van der Waals surface area contributed by atoms with Crippen LogP contribution in [-0.2, 0) is 11.2 Å². The first kappa shape index (κ1) is 20.1. The number of rotatable bonds is 5. The van der Waals surface area contributed by atoms with E-state index in [1.54, 1.807) is 12.1 Å². The van der Waals surface area contributed by atoms with E-state index < -0.39 is 0 Å². The van der Waals surface area contributed by atoms with E-state index in [4.69, 9.17) is 0 Å². The number of likely N-dealkylation sites (tertiary alicyclic amines) is 1. The van der Waals surface area contributed by atoms with Crippen LogP contribution < -0.4 is 4.90 Å². The zero-order chi connectivity index (χ0) is 21.4. The third-order valence-corrected chi connectivity index (χ3v) is 7.09. The van der Waals surface area contributed by atoms with Gasteiger partial charge in [0.05, 0.1) is 11.6 Å². The number of pyridine rings is 1. The van der Waals surface area contributed by atoms with Crippen LogP contribution in [0, 0.1) is 17.7 Å². The second-order valence-electron chi connectivity index (χ2n) is 9.00. The maximum atomic E-state index is 13.9. The van der Waals surface area contributed by atoms with Crippen molar-refractivity contribution >= 4 is 22.4 Å². The number of hydrogen-bond donors (Lipinski definition) is 0. The van der Waals surface area contributed by atoms with Crippen LogP contribution in [0.2, 0.25) is 0 Å². The standard InChI is InChI=1S/C26H28FN3O/c1-18(26(31)13-19-5-3-2-4-6-19)29-12-10-20-15-30(17-21(20)16-29)25-9-11-28-24-8-7-22(27)14-23(24)25/h2-9,11,14,18,20-21H,10,12-13,15-17H2,1H3. The second kappa shape index (κ2) is 8.39. The Labute approximate surface area is 182 Å². The molecule has 0 amide bonds. The molecule has 5 rings (SSSR count). The second-order valence-corrected chi connectivity index (χ2v) is 9.00. The van der Waals surface area contributed by atoms with Gasteiger partial charge in [-0.1, -0.05) is 30.3 Å². The molecule has 3 atom stereocenters. The molecule has 0 aliphatic carbocycles. The minimum Gasteiger partial charge on any atom is -0.370 e. The first-order valence-electron chi connectivity index (χ1n) is 11.2. The lowest BCUT2D eigenvalue weighted by atomic mass is 9.87. The number of anilines is 1. The summed E-state index contributed by atoms with van der Waals surface area (Å²) in [6, 6.07) is 16.7. The number of benzene rings is 2. The highest BCUT2D eigenvalue weighted by molar-refractivity contribution is 5.91. The molecule has 0 bridgehead atoms. The predicted octanol–water partition coefficient (Wildman–Crippen LogP) is 4.33. The van der Waals surface area contributed by atoms with Crippen LogP contribution >= 0.6 is 0 Å². The summed E-state index contributed by atoms with van der Waals surface area (Å²) in [5, 5.41) is 0.879. The summed E-state index contributed by atoms with van der Waals surface area (Å²) in [6.07, 6.45) is 3.41. The van der Waals surface area contributed by atoms with Gasteiger partial charge in [0.1, 0.15) is 5.82 Å². The molecule has 160 valence electrons. The summed E-state index contributed by atoms with van der Waals surface area (Å²) in [6.45, 7) is 5.89. The summed E-state index contributed by atoms with van der Waals surface area (Å²) < 4.78 is 13.9. The van der Waals surface area contributed by atoms with Crippen molar-refractivity contribution in [3.05, 3.63) is 72.2 Å². The molecule has 5 heteroatoms. The lowest BCUT2D eigenvalue weighted by Gasteiger charge is -2.37. The highest BCUT2D eigenvalue weighted by atomic mass is 19.1. The first-order chi connectivity index (χ1) is 15.1. The number of ketones is 1. The zero-order valence-electron chi connectivity index (χ0n) is 17.9. The normalized spacial score (nSPS) is 22.5. The van der Waals surface area contributed by atoms with Crippen molar-refractivity contribution in [2.45, 2.75) is 25.8 Å². The average Bonchev–Trinajstić information content (AvgIpc) is 3.22. The van der Waals surface area contributed by atoms with Crippen molar-refractivity contribution < 1.29 is 9.18 Å². The Bertz CT molecular complexity index is 1090.